The van der Waals surface area contributed by atoms with E-state index in [0.29, 0.717) is 36.3 Å². The number of amides is 1. The molecule has 2 aliphatic heterocycles. The van der Waals surface area contributed by atoms with Crippen molar-refractivity contribution < 1.29 is 24.0 Å². The number of fused-ring (bicyclic) bond motifs is 2. The zero-order valence-electron chi connectivity index (χ0n) is 17.6. The Bertz CT molecular complexity index is 1080. The Morgan fingerprint density at radius 2 is 2.03 bits per heavy atom. The molecule has 0 saturated carbocycles. The van der Waals surface area contributed by atoms with Gasteiger partial charge in [-0.1, -0.05) is 26.0 Å². The Balaban J connectivity index is 2.03. The molecule has 4 rings (SSSR count). The fourth-order valence-corrected chi connectivity index (χ4v) is 4.76. The van der Waals surface area contributed by atoms with E-state index >= 15 is 0 Å². The van der Waals surface area contributed by atoms with Gasteiger partial charge >= 0.3 is 5.97 Å². The summed E-state index contributed by atoms with van der Waals surface area (Å²) in [6.45, 7) is 4.77. The molecule has 0 aromatic heterocycles. The van der Waals surface area contributed by atoms with Crippen molar-refractivity contribution in [2.45, 2.75) is 32.6 Å². The van der Waals surface area contributed by atoms with Gasteiger partial charge in [-0.05, 0) is 17.4 Å². The number of nitrogens with zero attached hydrogens (tertiary/aromatic N) is 2. The zero-order chi connectivity index (χ0) is 22.5. The smallest absolute Gasteiger partial charge is 0.337 e. The van der Waals surface area contributed by atoms with E-state index in [1.54, 1.807) is 11.0 Å². The van der Waals surface area contributed by atoms with Crippen molar-refractivity contribution in [3.05, 3.63) is 62.5 Å². The first-order valence-electron chi connectivity index (χ1n) is 10.0. The number of Topliss-reactive ketones (excluding diaryl/α,β-unsaturated/α-hetero) is 1. The van der Waals surface area contributed by atoms with Crippen molar-refractivity contribution in [2.24, 2.45) is 5.41 Å². The van der Waals surface area contributed by atoms with E-state index in [-0.39, 0.29) is 34.6 Å². The average Bonchev–Trinajstić information content (AvgIpc) is 2.72. The highest BCUT2D eigenvalue weighted by atomic mass is 16.6. The summed E-state index contributed by atoms with van der Waals surface area (Å²) >= 11 is 0. The quantitative estimate of drug-likeness (QED) is 0.448. The summed E-state index contributed by atoms with van der Waals surface area (Å²) in [6.07, 6.45) is 0.825. The first kappa shape index (κ1) is 20.8. The summed E-state index contributed by atoms with van der Waals surface area (Å²) < 4.78 is 5.00. The molecule has 1 amide bonds. The van der Waals surface area contributed by atoms with Crippen molar-refractivity contribution in [3.63, 3.8) is 0 Å². The summed E-state index contributed by atoms with van der Waals surface area (Å²) in [7, 11) is 1.21. The SMILES string of the molecule is COC(=O)C1=C2C(=O)NCCN2C2=C(C(=O)CC(C)(C)C2)[C@H]1c1cccc([N+](=O)[O-])c1. The summed E-state index contributed by atoms with van der Waals surface area (Å²) in [5.41, 5.74) is 1.23. The van der Waals surface area contributed by atoms with Gasteiger partial charge in [-0.15, -0.1) is 0 Å². The Hall–Kier alpha value is -3.49. The van der Waals surface area contributed by atoms with Crippen LogP contribution in [0.5, 0.6) is 0 Å². The molecule has 0 bridgehead atoms. The molecule has 1 aromatic rings. The monoisotopic (exact) mass is 425 g/mol. The van der Waals surface area contributed by atoms with Gasteiger partial charge < -0.3 is 15.0 Å². The molecule has 1 atom stereocenters. The molecule has 0 spiro atoms. The predicted molar refractivity (Wildman–Crippen MR) is 110 cm³/mol. The van der Waals surface area contributed by atoms with E-state index in [9.17, 15) is 24.5 Å². The second-order valence-corrected chi connectivity index (χ2v) is 8.75. The number of ether oxygens (including phenoxy) is 1. The molecule has 9 heteroatoms. The maximum atomic E-state index is 13.4. The molecule has 0 radical (unpaired) electrons. The number of hydrogen-bond acceptors (Lipinski definition) is 7. The molecular weight excluding hydrogens is 402 g/mol. The second kappa shape index (κ2) is 7.33. The number of nitro groups is 1. The minimum atomic E-state index is -0.916. The van der Waals surface area contributed by atoms with Gasteiger partial charge in [-0.3, -0.25) is 19.7 Å². The number of carbonyl (C=O) groups is 3. The number of carbonyl (C=O) groups excluding carboxylic acids is 3. The first-order chi connectivity index (χ1) is 14.6. The van der Waals surface area contributed by atoms with Crippen LogP contribution in [0.1, 0.15) is 38.2 Å². The topological polar surface area (TPSA) is 119 Å². The number of ketones is 1. The van der Waals surface area contributed by atoms with E-state index in [4.69, 9.17) is 4.74 Å². The van der Waals surface area contributed by atoms with Gasteiger partial charge in [0.05, 0.1) is 17.6 Å². The van der Waals surface area contributed by atoms with E-state index < -0.39 is 22.7 Å². The van der Waals surface area contributed by atoms with Crippen LogP contribution in [0.4, 0.5) is 5.69 Å². The van der Waals surface area contributed by atoms with Crippen LogP contribution in [0.3, 0.4) is 0 Å². The molecule has 2 heterocycles. The number of piperazine rings is 1. The average molecular weight is 425 g/mol. The van der Waals surface area contributed by atoms with Crippen LogP contribution in [0.2, 0.25) is 0 Å². The van der Waals surface area contributed by atoms with Crippen LogP contribution < -0.4 is 5.32 Å². The number of methoxy groups -OCH3 is 1. The lowest BCUT2D eigenvalue weighted by molar-refractivity contribution is -0.384. The minimum absolute atomic E-state index is 0.0343. The van der Waals surface area contributed by atoms with Crippen LogP contribution >= 0.6 is 0 Å². The third kappa shape index (κ3) is 3.39. The number of benzene rings is 1. The van der Waals surface area contributed by atoms with Gasteiger partial charge in [0.25, 0.3) is 11.6 Å². The number of rotatable bonds is 3. The maximum Gasteiger partial charge on any atom is 0.337 e. The maximum absolute atomic E-state index is 13.4. The molecule has 1 N–H and O–H groups in total. The van der Waals surface area contributed by atoms with E-state index in [1.807, 2.05) is 13.8 Å². The largest absolute Gasteiger partial charge is 0.466 e. The van der Waals surface area contributed by atoms with Crippen molar-refractivity contribution in [1.29, 1.82) is 0 Å². The summed E-state index contributed by atoms with van der Waals surface area (Å²) in [5.74, 6) is -2.21. The molecular formula is C22H23N3O6. The fraction of sp³-hybridized carbons (Fsp3) is 0.409. The zero-order valence-corrected chi connectivity index (χ0v) is 17.6. The normalized spacial score (nSPS) is 22.5. The lowest BCUT2D eigenvalue weighted by Gasteiger charge is -2.46. The number of esters is 1. The molecule has 31 heavy (non-hydrogen) atoms. The number of nitrogens with one attached hydrogen (secondary N) is 1. The van der Waals surface area contributed by atoms with Crippen molar-refractivity contribution in [1.82, 2.24) is 10.2 Å². The van der Waals surface area contributed by atoms with Crippen LogP contribution in [0.15, 0.2) is 46.8 Å². The van der Waals surface area contributed by atoms with Crippen LogP contribution in [0, 0.1) is 15.5 Å². The van der Waals surface area contributed by atoms with E-state index in [0.717, 1.165) is 0 Å². The summed E-state index contributed by atoms with van der Waals surface area (Å²) in [6, 6.07) is 5.84. The molecule has 1 aromatic carbocycles. The Morgan fingerprint density at radius 3 is 2.71 bits per heavy atom. The molecule has 1 saturated heterocycles. The number of nitro benzene ring substituents is 1. The lowest BCUT2D eigenvalue weighted by Crippen LogP contribution is -2.51. The number of non-ortho nitro benzene ring substituents is 1. The number of allylic oxidation sites excluding steroid dienone is 2. The van der Waals surface area contributed by atoms with Crippen molar-refractivity contribution in [2.75, 3.05) is 20.2 Å². The second-order valence-electron chi connectivity index (χ2n) is 8.75. The molecule has 1 fully saturated rings. The van der Waals surface area contributed by atoms with Crippen LogP contribution in [0.25, 0.3) is 0 Å². The summed E-state index contributed by atoms with van der Waals surface area (Å²) in [4.78, 5) is 51.8. The minimum Gasteiger partial charge on any atom is -0.466 e. The fourth-order valence-electron chi connectivity index (χ4n) is 4.76. The van der Waals surface area contributed by atoms with Crippen LogP contribution in [-0.2, 0) is 19.1 Å². The summed E-state index contributed by atoms with van der Waals surface area (Å²) in [5, 5.41) is 14.1. The lowest BCUT2D eigenvalue weighted by atomic mass is 9.67. The highest BCUT2D eigenvalue weighted by Crippen LogP contribution is 2.50. The molecule has 0 unspecified atom stereocenters. The molecule has 162 valence electrons. The Morgan fingerprint density at radius 1 is 1.29 bits per heavy atom. The van der Waals surface area contributed by atoms with Gasteiger partial charge in [0.2, 0.25) is 0 Å². The van der Waals surface area contributed by atoms with E-state index in [2.05, 4.69) is 5.32 Å². The van der Waals surface area contributed by atoms with Gasteiger partial charge in [-0.2, -0.15) is 0 Å². The predicted octanol–water partition coefficient (Wildman–Crippen LogP) is 2.19. The first-order valence-corrected chi connectivity index (χ1v) is 10.0. The van der Waals surface area contributed by atoms with E-state index in [1.165, 1.54) is 25.3 Å². The van der Waals surface area contributed by atoms with Crippen LogP contribution in [-0.4, -0.2) is 47.7 Å². The highest BCUT2D eigenvalue weighted by Gasteiger charge is 2.48. The standard InChI is InChI=1S/C22H23N3O6/c1-22(2)10-14-17(15(26)11-22)16(12-5-4-6-13(9-12)25(29)30)18(21(28)31-3)19-20(27)23-7-8-24(14)19/h4-6,9,16H,7-8,10-11H2,1-3H3,(H,23,27)/t16-/m1/s1. The van der Waals surface area contributed by atoms with Crippen molar-refractivity contribution in [3.8, 4) is 0 Å². The molecule has 3 aliphatic rings. The third-order valence-electron chi connectivity index (χ3n) is 5.98. The van der Waals surface area contributed by atoms with Gasteiger partial charge in [0, 0.05) is 48.8 Å². The van der Waals surface area contributed by atoms with Gasteiger partial charge in [0.15, 0.2) is 5.78 Å². The Kier molecular flexibility index (Phi) is 4.91. The Labute approximate surface area is 178 Å². The third-order valence-corrected chi connectivity index (χ3v) is 5.98. The highest BCUT2D eigenvalue weighted by molar-refractivity contribution is 6.09. The van der Waals surface area contributed by atoms with Crippen molar-refractivity contribution >= 4 is 23.3 Å². The van der Waals surface area contributed by atoms with Gasteiger partial charge in [-0.25, -0.2) is 4.79 Å². The number of hydrogen-bond donors (Lipinski definition) is 1. The van der Waals surface area contributed by atoms with Gasteiger partial charge in [0.1, 0.15) is 5.70 Å². The molecule has 1 aliphatic carbocycles. The molecule has 9 nitrogen and oxygen atoms in total.